The van der Waals surface area contributed by atoms with Crippen molar-refractivity contribution in [2.45, 2.75) is 13.5 Å². The van der Waals surface area contributed by atoms with E-state index in [4.69, 9.17) is 14.0 Å². The van der Waals surface area contributed by atoms with E-state index in [-0.39, 0.29) is 12.5 Å². The molecule has 7 heteroatoms. The molecule has 0 unspecified atom stereocenters. The summed E-state index contributed by atoms with van der Waals surface area (Å²) < 4.78 is 16.1. The van der Waals surface area contributed by atoms with Crippen LogP contribution in [-0.2, 0) is 6.54 Å². The number of hydrogen-bond donors (Lipinski definition) is 1. The standard InChI is InChI=1S/C23H21N3O4/c1-14-20-17(12-18(25-23(20)30-26-14)15-8-5-4-6-9-15)22(27)24-13-16-10-7-11-19(28-2)21(16)29-3/h4-12H,13H2,1-3H3,(H,24,27). The van der Waals surface area contributed by atoms with Gasteiger partial charge in [-0.2, -0.15) is 0 Å². The van der Waals surface area contributed by atoms with Gasteiger partial charge in [0, 0.05) is 17.7 Å². The fourth-order valence-electron chi connectivity index (χ4n) is 3.39. The Balaban J connectivity index is 1.69. The second kappa shape index (κ2) is 8.24. The number of para-hydroxylation sites is 1. The van der Waals surface area contributed by atoms with Gasteiger partial charge in [0.1, 0.15) is 0 Å². The van der Waals surface area contributed by atoms with E-state index in [9.17, 15) is 4.79 Å². The zero-order chi connectivity index (χ0) is 21.1. The third kappa shape index (κ3) is 3.57. The topological polar surface area (TPSA) is 86.5 Å². The van der Waals surface area contributed by atoms with Crippen LogP contribution < -0.4 is 14.8 Å². The predicted octanol–water partition coefficient (Wildman–Crippen LogP) is 4.15. The summed E-state index contributed by atoms with van der Waals surface area (Å²) in [5.74, 6) is 0.943. The first-order valence-electron chi connectivity index (χ1n) is 9.43. The third-order valence-electron chi connectivity index (χ3n) is 4.86. The summed E-state index contributed by atoms with van der Waals surface area (Å²) in [4.78, 5) is 17.7. The molecule has 4 aromatic rings. The number of nitrogens with one attached hydrogen (secondary N) is 1. The highest BCUT2D eigenvalue weighted by molar-refractivity contribution is 6.07. The van der Waals surface area contributed by atoms with Crippen molar-refractivity contribution < 1.29 is 18.8 Å². The maximum atomic E-state index is 13.1. The number of aryl methyl sites for hydroxylation is 1. The number of pyridine rings is 1. The molecule has 0 aliphatic heterocycles. The second-order valence-electron chi connectivity index (χ2n) is 6.70. The molecule has 0 bridgehead atoms. The zero-order valence-corrected chi connectivity index (χ0v) is 16.9. The summed E-state index contributed by atoms with van der Waals surface area (Å²) in [6.07, 6.45) is 0. The van der Waals surface area contributed by atoms with Gasteiger partial charge in [0.05, 0.1) is 36.6 Å². The SMILES string of the molecule is COc1cccc(CNC(=O)c2cc(-c3ccccc3)nc3onc(C)c23)c1OC. The molecular formula is C23H21N3O4. The van der Waals surface area contributed by atoms with Gasteiger partial charge in [-0.15, -0.1) is 0 Å². The Morgan fingerprint density at radius 2 is 1.87 bits per heavy atom. The van der Waals surface area contributed by atoms with Gasteiger partial charge < -0.3 is 19.3 Å². The molecule has 30 heavy (non-hydrogen) atoms. The molecule has 2 aromatic carbocycles. The van der Waals surface area contributed by atoms with E-state index >= 15 is 0 Å². The van der Waals surface area contributed by atoms with Gasteiger partial charge in [-0.1, -0.05) is 47.6 Å². The average molecular weight is 403 g/mol. The van der Waals surface area contributed by atoms with E-state index in [0.29, 0.717) is 39.6 Å². The second-order valence-corrected chi connectivity index (χ2v) is 6.70. The van der Waals surface area contributed by atoms with E-state index in [1.54, 1.807) is 27.2 Å². The molecule has 0 radical (unpaired) electrons. The monoisotopic (exact) mass is 403 g/mol. The minimum atomic E-state index is -0.254. The van der Waals surface area contributed by atoms with Gasteiger partial charge in [-0.25, -0.2) is 4.98 Å². The molecule has 2 heterocycles. The number of ether oxygens (including phenoxy) is 2. The molecule has 0 spiro atoms. The molecule has 4 rings (SSSR count). The number of fused-ring (bicyclic) bond motifs is 1. The lowest BCUT2D eigenvalue weighted by molar-refractivity contribution is 0.0952. The van der Waals surface area contributed by atoms with E-state index in [0.717, 1.165) is 11.1 Å². The summed E-state index contributed by atoms with van der Waals surface area (Å²) >= 11 is 0. The molecule has 0 saturated carbocycles. The van der Waals surface area contributed by atoms with E-state index < -0.39 is 0 Å². The molecule has 0 aliphatic carbocycles. The summed E-state index contributed by atoms with van der Waals surface area (Å²) in [6.45, 7) is 2.06. The number of carbonyl (C=O) groups excluding carboxylic acids is 1. The molecule has 152 valence electrons. The Morgan fingerprint density at radius 1 is 1.07 bits per heavy atom. The lowest BCUT2D eigenvalue weighted by Gasteiger charge is -2.13. The van der Waals surface area contributed by atoms with Crippen molar-refractivity contribution in [3.8, 4) is 22.8 Å². The number of aromatic nitrogens is 2. The first-order valence-corrected chi connectivity index (χ1v) is 9.43. The Bertz CT molecular complexity index is 1200. The third-order valence-corrected chi connectivity index (χ3v) is 4.86. The molecule has 0 saturated heterocycles. The number of nitrogens with zero attached hydrogens (tertiary/aromatic N) is 2. The Hall–Kier alpha value is -3.87. The summed E-state index contributed by atoms with van der Waals surface area (Å²) in [7, 11) is 3.15. The van der Waals surface area contributed by atoms with Gasteiger partial charge in [0.15, 0.2) is 11.5 Å². The van der Waals surface area contributed by atoms with E-state index in [2.05, 4.69) is 15.5 Å². The first-order chi connectivity index (χ1) is 14.6. The number of hydrogen-bond acceptors (Lipinski definition) is 6. The molecule has 0 atom stereocenters. The van der Waals surface area contributed by atoms with Crippen LogP contribution in [-0.4, -0.2) is 30.3 Å². The highest BCUT2D eigenvalue weighted by Crippen LogP contribution is 2.31. The van der Waals surface area contributed by atoms with Crippen molar-refractivity contribution in [1.82, 2.24) is 15.5 Å². The van der Waals surface area contributed by atoms with Crippen LogP contribution in [0.15, 0.2) is 59.1 Å². The molecule has 0 fully saturated rings. The van der Waals surface area contributed by atoms with Gasteiger partial charge in [-0.05, 0) is 19.1 Å². The Kier molecular flexibility index (Phi) is 5.34. The zero-order valence-electron chi connectivity index (χ0n) is 16.9. The first kappa shape index (κ1) is 19.4. The lowest BCUT2D eigenvalue weighted by atomic mass is 10.0. The highest BCUT2D eigenvalue weighted by atomic mass is 16.5. The maximum absolute atomic E-state index is 13.1. The number of amides is 1. The van der Waals surface area contributed by atoms with Crippen LogP contribution in [0.3, 0.4) is 0 Å². The molecule has 1 N–H and O–H groups in total. The van der Waals surface area contributed by atoms with Crippen molar-refractivity contribution in [3.63, 3.8) is 0 Å². The quantitative estimate of drug-likeness (QED) is 0.521. The molecule has 0 aliphatic rings. The van der Waals surface area contributed by atoms with Crippen LogP contribution >= 0.6 is 0 Å². The smallest absolute Gasteiger partial charge is 0.259 e. The average Bonchev–Trinajstić information content (AvgIpc) is 3.17. The van der Waals surface area contributed by atoms with Crippen LogP contribution in [0, 0.1) is 6.92 Å². The molecule has 2 aromatic heterocycles. The maximum Gasteiger partial charge on any atom is 0.259 e. The van der Waals surface area contributed by atoms with Crippen LogP contribution in [0.4, 0.5) is 0 Å². The fourth-order valence-corrected chi connectivity index (χ4v) is 3.39. The number of benzene rings is 2. The van der Waals surface area contributed by atoms with Crippen molar-refractivity contribution in [3.05, 3.63) is 71.4 Å². The number of rotatable bonds is 6. The van der Waals surface area contributed by atoms with Crippen LogP contribution in [0.2, 0.25) is 0 Å². The van der Waals surface area contributed by atoms with Crippen molar-refractivity contribution >= 4 is 17.0 Å². The minimum absolute atomic E-state index is 0.254. The number of methoxy groups -OCH3 is 2. The predicted molar refractivity (Wildman–Crippen MR) is 113 cm³/mol. The van der Waals surface area contributed by atoms with Crippen LogP contribution in [0.25, 0.3) is 22.4 Å². The molecule has 7 nitrogen and oxygen atoms in total. The van der Waals surface area contributed by atoms with Crippen LogP contribution in [0.5, 0.6) is 11.5 Å². The van der Waals surface area contributed by atoms with Crippen molar-refractivity contribution in [2.24, 2.45) is 0 Å². The van der Waals surface area contributed by atoms with E-state index in [1.165, 1.54) is 0 Å². The minimum Gasteiger partial charge on any atom is -0.493 e. The van der Waals surface area contributed by atoms with E-state index in [1.807, 2.05) is 48.5 Å². The Morgan fingerprint density at radius 3 is 2.60 bits per heavy atom. The lowest BCUT2D eigenvalue weighted by Crippen LogP contribution is -2.23. The summed E-state index contributed by atoms with van der Waals surface area (Å²) in [5, 5.41) is 7.55. The molecular weight excluding hydrogens is 382 g/mol. The van der Waals surface area contributed by atoms with Gasteiger partial charge in [-0.3, -0.25) is 4.79 Å². The largest absolute Gasteiger partial charge is 0.493 e. The number of carbonyl (C=O) groups is 1. The van der Waals surface area contributed by atoms with Crippen molar-refractivity contribution in [2.75, 3.05) is 14.2 Å². The summed E-state index contributed by atoms with van der Waals surface area (Å²) in [5.41, 5.74) is 3.74. The highest BCUT2D eigenvalue weighted by Gasteiger charge is 2.20. The van der Waals surface area contributed by atoms with Crippen LogP contribution in [0.1, 0.15) is 21.6 Å². The summed E-state index contributed by atoms with van der Waals surface area (Å²) in [6, 6.07) is 16.9. The fraction of sp³-hybridized carbons (Fsp3) is 0.174. The Labute approximate surface area is 173 Å². The van der Waals surface area contributed by atoms with Gasteiger partial charge in [0.2, 0.25) is 0 Å². The molecule has 1 amide bonds. The van der Waals surface area contributed by atoms with Gasteiger partial charge >= 0.3 is 0 Å². The van der Waals surface area contributed by atoms with Crippen molar-refractivity contribution in [1.29, 1.82) is 0 Å². The van der Waals surface area contributed by atoms with Gasteiger partial charge in [0.25, 0.3) is 11.6 Å². The normalized spacial score (nSPS) is 10.8.